The third-order valence-electron chi connectivity index (χ3n) is 5.49. The maximum atomic E-state index is 12.1. The Kier molecular flexibility index (Phi) is 7.79. The third-order valence-corrected chi connectivity index (χ3v) is 5.49. The van der Waals surface area contributed by atoms with E-state index >= 15 is 0 Å². The summed E-state index contributed by atoms with van der Waals surface area (Å²) in [6.45, 7) is 5.23. The van der Waals surface area contributed by atoms with E-state index in [2.05, 4.69) is 17.6 Å². The first-order valence-corrected chi connectivity index (χ1v) is 9.94. The van der Waals surface area contributed by atoms with Crippen LogP contribution >= 0.6 is 0 Å². The summed E-state index contributed by atoms with van der Waals surface area (Å²) in [6.07, 6.45) is 13.2. The van der Waals surface area contributed by atoms with E-state index in [0.717, 1.165) is 56.8 Å². The minimum absolute atomic E-state index is 0.00444. The second-order valence-corrected chi connectivity index (χ2v) is 7.70. The number of ether oxygens (including phenoxy) is 1. The minimum atomic E-state index is -0.272. The van der Waals surface area contributed by atoms with Gasteiger partial charge in [-0.1, -0.05) is 19.4 Å². The van der Waals surface area contributed by atoms with Gasteiger partial charge in [0.25, 0.3) is 0 Å². The lowest BCUT2D eigenvalue weighted by Crippen LogP contribution is -2.56. The molecule has 0 heterocycles. The molecule has 2 aliphatic carbocycles. The molecule has 2 N–H and O–H groups in total. The molecular weight excluding hydrogens is 316 g/mol. The van der Waals surface area contributed by atoms with E-state index in [0.29, 0.717) is 13.2 Å². The highest BCUT2D eigenvalue weighted by atomic mass is 16.5. The van der Waals surface area contributed by atoms with E-state index in [4.69, 9.17) is 4.74 Å². The summed E-state index contributed by atoms with van der Waals surface area (Å²) < 4.78 is 4.82. The lowest BCUT2D eigenvalue weighted by molar-refractivity contribution is -0.137. The molecule has 0 radical (unpaired) electrons. The highest BCUT2D eigenvalue weighted by Gasteiger charge is 2.45. The zero-order valence-corrected chi connectivity index (χ0v) is 15.8. The van der Waals surface area contributed by atoms with Gasteiger partial charge in [-0.25, -0.2) is 9.59 Å². The van der Waals surface area contributed by atoms with Crippen molar-refractivity contribution in [3.05, 3.63) is 12.2 Å². The molecule has 0 bridgehead atoms. The van der Waals surface area contributed by atoms with Gasteiger partial charge in [-0.05, 0) is 70.1 Å². The Labute approximate surface area is 152 Å². The number of amides is 2. The summed E-state index contributed by atoms with van der Waals surface area (Å²) in [5.74, 6) is 1.40. The molecule has 2 rings (SSSR count). The van der Waals surface area contributed by atoms with Crippen LogP contribution in [0.15, 0.2) is 12.2 Å². The second-order valence-electron chi connectivity index (χ2n) is 7.70. The average Bonchev–Trinajstić information content (AvgIpc) is 3.22. The van der Waals surface area contributed by atoms with Crippen molar-refractivity contribution in [2.24, 2.45) is 11.8 Å². The SMILES string of the molecule is CCOC(=O)/C=C/CCCCCNC(=O)NC1(CC2C[C@@H]2C)CCC1. The summed E-state index contributed by atoms with van der Waals surface area (Å²) in [6, 6.07) is -0.00444. The summed E-state index contributed by atoms with van der Waals surface area (Å²) in [4.78, 5) is 23.2. The zero-order valence-electron chi connectivity index (χ0n) is 15.8. The van der Waals surface area contributed by atoms with Crippen molar-refractivity contribution in [1.29, 1.82) is 0 Å². The summed E-state index contributed by atoms with van der Waals surface area (Å²) >= 11 is 0. The van der Waals surface area contributed by atoms with E-state index < -0.39 is 0 Å². The molecule has 142 valence electrons. The van der Waals surface area contributed by atoms with E-state index in [9.17, 15) is 9.59 Å². The zero-order chi connectivity index (χ0) is 18.1. The fraction of sp³-hybridized carbons (Fsp3) is 0.800. The van der Waals surface area contributed by atoms with E-state index in [1.165, 1.54) is 18.9 Å². The van der Waals surface area contributed by atoms with Crippen LogP contribution in [-0.4, -0.2) is 30.7 Å². The Hall–Kier alpha value is -1.52. The van der Waals surface area contributed by atoms with Gasteiger partial charge >= 0.3 is 12.0 Å². The lowest BCUT2D eigenvalue weighted by Gasteiger charge is -2.43. The highest BCUT2D eigenvalue weighted by Crippen LogP contribution is 2.48. The van der Waals surface area contributed by atoms with Crippen molar-refractivity contribution in [2.45, 2.75) is 77.2 Å². The van der Waals surface area contributed by atoms with Crippen molar-refractivity contribution in [2.75, 3.05) is 13.2 Å². The van der Waals surface area contributed by atoms with Crippen LogP contribution in [0.1, 0.15) is 71.6 Å². The van der Waals surface area contributed by atoms with Crippen molar-refractivity contribution >= 4 is 12.0 Å². The van der Waals surface area contributed by atoms with Crippen molar-refractivity contribution in [3.8, 4) is 0 Å². The normalized spacial score (nSPS) is 23.8. The molecule has 0 spiro atoms. The second kappa shape index (κ2) is 9.83. The number of carbonyl (C=O) groups is 2. The number of urea groups is 1. The van der Waals surface area contributed by atoms with Crippen LogP contribution in [0, 0.1) is 11.8 Å². The molecule has 25 heavy (non-hydrogen) atoms. The lowest BCUT2D eigenvalue weighted by atomic mass is 9.73. The molecule has 2 amide bonds. The summed E-state index contributed by atoms with van der Waals surface area (Å²) in [5.41, 5.74) is 0.0808. The van der Waals surface area contributed by atoms with Crippen LogP contribution in [0.25, 0.3) is 0 Å². The first-order valence-electron chi connectivity index (χ1n) is 9.94. The average molecular weight is 351 g/mol. The molecule has 2 saturated carbocycles. The van der Waals surface area contributed by atoms with E-state index in [1.54, 1.807) is 6.92 Å². The molecule has 5 heteroatoms. The predicted molar refractivity (Wildman–Crippen MR) is 99.2 cm³/mol. The smallest absolute Gasteiger partial charge is 0.330 e. The fourth-order valence-electron chi connectivity index (χ4n) is 3.59. The summed E-state index contributed by atoms with van der Waals surface area (Å²) in [5, 5.41) is 6.24. The maximum Gasteiger partial charge on any atom is 0.330 e. The van der Waals surface area contributed by atoms with Crippen molar-refractivity contribution in [3.63, 3.8) is 0 Å². The number of hydrogen-bond donors (Lipinski definition) is 2. The highest BCUT2D eigenvalue weighted by molar-refractivity contribution is 5.81. The minimum Gasteiger partial charge on any atom is -0.463 e. The molecule has 0 aromatic rings. The summed E-state index contributed by atoms with van der Waals surface area (Å²) in [7, 11) is 0. The fourth-order valence-corrected chi connectivity index (χ4v) is 3.59. The molecule has 2 fully saturated rings. The molecule has 2 aliphatic rings. The van der Waals surface area contributed by atoms with Gasteiger partial charge < -0.3 is 15.4 Å². The molecule has 0 aliphatic heterocycles. The van der Waals surface area contributed by atoms with E-state index in [1.807, 2.05) is 6.08 Å². The van der Waals surface area contributed by atoms with Crippen LogP contribution in [0.2, 0.25) is 0 Å². The van der Waals surface area contributed by atoms with Gasteiger partial charge in [0, 0.05) is 18.2 Å². The van der Waals surface area contributed by atoms with Crippen molar-refractivity contribution < 1.29 is 14.3 Å². The van der Waals surface area contributed by atoms with Gasteiger partial charge in [-0.3, -0.25) is 0 Å². The van der Waals surface area contributed by atoms with Gasteiger partial charge in [-0.15, -0.1) is 0 Å². The van der Waals surface area contributed by atoms with Crippen LogP contribution < -0.4 is 10.6 Å². The number of nitrogens with one attached hydrogen (secondary N) is 2. The Morgan fingerprint density at radius 3 is 2.60 bits per heavy atom. The van der Waals surface area contributed by atoms with Gasteiger partial charge in [0.1, 0.15) is 0 Å². The third kappa shape index (κ3) is 7.09. The number of esters is 1. The van der Waals surface area contributed by atoms with Crippen LogP contribution in [0.3, 0.4) is 0 Å². The predicted octanol–water partition coefficient (Wildman–Crippen LogP) is 3.93. The van der Waals surface area contributed by atoms with Crippen LogP contribution in [0.4, 0.5) is 4.79 Å². The first-order chi connectivity index (χ1) is 12.0. The van der Waals surface area contributed by atoms with Gasteiger partial charge in [0.15, 0.2) is 0 Å². The Morgan fingerprint density at radius 1 is 1.24 bits per heavy atom. The molecule has 0 aromatic carbocycles. The molecule has 0 saturated heterocycles. The number of allylic oxidation sites excluding steroid dienone is 1. The quantitative estimate of drug-likeness (QED) is 0.337. The first kappa shape index (κ1) is 19.8. The van der Waals surface area contributed by atoms with Gasteiger partial charge in [0.2, 0.25) is 0 Å². The Morgan fingerprint density at radius 2 is 2.00 bits per heavy atom. The molecular formula is C20H34N2O3. The molecule has 2 atom stereocenters. The molecule has 1 unspecified atom stereocenters. The Balaban J connectivity index is 1.49. The topological polar surface area (TPSA) is 67.4 Å². The maximum absolute atomic E-state index is 12.1. The largest absolute Gasteiger partial charge is 0.463 e. The number of carbonyl (C=O) groups excluding carboxylic acids is 2. The van der Waals surface area contributed by atoms with Gasteiger partial charge in [-0.2, -0.15) is 0 Å². The monoisotopic (exact) mass is 350 g/mol. The number of rotatable bonds is 11. The standard InChI is InChI=1S/C20H34N2O3/c1-3-25-18(23)10-7-5-4-6-8-13-21-19(24)22-20(11-9-12-20)15-17-14-16(17)2/h7,10,16-17H,3-6,8-9,11-15H2,1-2H3,(H2,21,22,24)/b10-7+/t16-,17?/m0/s1. The van der Waals surface area contributed by atoms with Crippen LogP contribution in [-0.2, 0) is 9.53 Å². The Bertz CT molecular complexity index is 472. The number of hydrogen-bond acceptors (Lipinski definition) is 3. The molecule has 0 aromatic heterocycles. The number of unbranched alkanes of at least 4 members (excludes halogenated alkanes) is 3. The van der Waals surface area contributed by atoms with Gasteiger partial charge in [0.05, 0.1) is 6.61 Å². The van der Waals surface area contributed by atoms with E-state index in [-0.39, 0.29) is 17.5 Å². The van der Waals surface area contributed by atoms with Crippen LogP contribution in [0.5, 0.6) is 0 Å². The molecule has 5 nitrogen and oxygen atoms in total. The van der Waals surface area contributed by atoms with Crippen molar-refractivity contribution in [1.82, 2.24) is 10.6 Å².